The Bertz CT molecular complexity index is 1160. The van der Waals surface area contributed by atoms with Gasteiger partial charge in [-0.25, -0.2) is 0 Å². The first-order valence-electron chi connectivity index (χ1n) is 12.3. The van der Waals surface area contributed by atoms with Gasteiger partial charge in [0.25, 0.3) is 0 Å². The number of aliphatic hydroxyl groups is 1. The summed E-state index contributed by atoms with van der Waals surface area (Å²) in [5.41, 5.74) is 2.07. The minimum Gasteiger partial charge on any atom is -0.495 e. The number of aliphatic hydroxyl groups excluding tert-OH is 1. The highest BCUT2D eigenvalue weighted by molar-refractivity contribution is 6.30. The number of halogens is 1. The molecule has 0 bridgehead atoms. The largest absolute Gasteiger partial charge is 0.495 e. The lowest BCUT2D eigenvalue weighted by atomic mass is 9.87. The number of ether oxygens (including phenoxy) is 5. The number of carbonyl (C=O) groups excluding carboxylic acids is 1. The van der Waals surface area contributed by atoms with E-state index in [9.17, 15) is 9.90 Å². The Morgan fingerprint density at radius 1 is 1.19 bits per heavy atom. The third kappa shape index (κ3) is 4.58. The van der Waals surface area contributed by atoms with E-state index in [1.54, 1.807) is 0 Å². The highest BCUT2D eigenvalue weighted by Crippen LogP contribution is 2.51. The topological polar surface area (TPSA) is 86.7 Å². The quantitative estimate of drug-likeness (QED) is 0.530. The van der Waals surface area contributed by atoms with Gasteiger partial charge in [0.2, 0.25) is 5.75 Å². The second kappa shape index (κ2) is 10.00. The van der Waals surface area contributed by atoms with Crippen molar-refractivity contribution in [2.24, 2.45) is 0 Å². The number of fused-ring (bicyclic) bond motifs is 2. The van der Waals surface area contributed by atoms with Crippen molar-refractivity contribution in [3.8, 4) is 28.7 Å². The second-order valence-corrected chi connectivity index (χ2v) is 10.1. The van der Waals surface area contributed by atoms with Crippen LogP contribution in [0.4, 0.5) is 0 Å². The van der Waals surface area contributed by atoms with E-state index in [0.717, 1.165) is 54.3 Å². The highest BCUT2D eigenvalue weighted by Gasteiger charge is 2.42. The van der Waals surface area contributed by atoms with E-state index in [4.69, 9.17) is 35.3 Å². The van der Waals surface area contributed by atoms with Crippen molar-refractivity contribution in [3.63, 3.8) is 0 Å². The first-order valence-corrected chi connectivity index (χ1v) is 12.7. The van der Waals surface area contributed by atoms with Crippen molar-refractivity contribution in [1.29, 1.82) is 0 Å². The number of methoxy groups -OCH3 is 2. The van der Waals surface area contributed by atoms with Crippen LogP contribution in [0.3, 0.4) is 0 Å². The summed E-state index contributed by atoms with van der Waals surface area (Å²) < 4.78 is 29.2. The Labute approximate surface area is 216 Å². The number of likely N-dealkylation sites (tertiary alicyclic amines) is 1. The Kier molecular flexibility index (Phi) is 6.94. The smallest absolute Gasteiger partial charge is 0.204 e. The molecule has 5 rings (SSSR count). The van der Waals surface area contributed by atoms with E-state index >= 15 is 0 Å². The molecule has 1 saturated heterocycles. The van der Waals surface area contributed by atoms with E-state index in [-0.39, 0.29) is 23.7 Å². The van der Waals surface area contributed by atoms with Gasteiger partial charge in [0.1, 0.15) is 35.4 Å². The summed E-state index contributed by atoms with van der Waals surface area (Å²) in [7, 11) is 3.04. The van der Waals surface area contributed by atoms with E-state index in [2.05, 4.69) is 4.90 Å². The van der Waals surface area contributed by atoms with Crippen molar-refractivity contribution in [2.75, 3.05) is 47.1 Å². The lowest BCUT2D eigenvalue weighted by Gasteiger charge is -2.39. The van der Waals surface area contributed by atoms with Gasteiger partial charge in [-0.1, -0.05) is 11.6 Å². The maximum Gasteiger partial charge on any atom is 0.204 e. The zero-order chi connectivity index (χ0) is 25.4. The molecule has 9 heteroatoms. The van der Waals surface area contributed by atoms with Crippen LogP contribution in [0, 0.1) is 0 Å². The zero-order valence-electron chi connectivity index (χ0n) is 20.9. The number of Topliss-reactive ketones (excluding diaryl/α,β-unsaturated/α-hetero) is 1. The van der Waals surface area contributed by atoms with Crippen molar-refractivity contribution >= 4 is 17.4 Å². The summed E-state index contributed by atoms with van der Waals surface area (Å²) in [6.45, 7) is 4.00. The number of benzene rings is 2. The number of hydrogen-bond donors (Lipinski definition) is 1. The summed E-state index contributed by atoms with van der Waals surface area (Å²) in [5.74, 6) is 2.30. The number of carbonyl (C=O) groups is 1. The molecule has 1 unspecified atom stereocenters. The van der Waals surface area contributed by atoms with Crippen LogP contribution < -0.4 is 23.7 Å². The first kappa shape index (κ1) is 25.0. The van der Waals surface area contributed by atoms with Crippen LogP contribution in [-0.2, 0) is 12.8 Å². The summed E-state index contributed by atoms with van der Waals surface area (Å²) >= 11 is 6.15. The van der Waals surface area contributed by atoms with Crippen LogP contribution >= 0.6 is 11.6 Å². The van der Waals surface area contributed by atoms with Gasteiger partial charge in [0.05, 0.1) is 20.8 Å². The Morgan fingerprint density at radius 3 is 2.64 bits per heavy atom. The fourth-order valence-electron chi connectivity index (χ4n) is 5.57. The molecule has 3 heterocycles. The molecule has 2 aromatic carbocycles. The Morgan fingerprint density at radius 2 is 1.94 bits per heavy atom. The number of nitrogens with zero attached hydrogens (tertiary/aromatic N) is 1. The predicted octanol–water partition coefficient (Wildman–Crippen LogP) is 3.70. The maximum absolute atomic E-state index is 12.6. The zero-order valence-corrected chi connectivity index (χ0v) is 21.7. The van der Waals surface area contributed by atoms with E-state index < -0.39 is 6.10 Å². The van der Waals surface area contributed by atoms with Crippen molar-refractivity contribution in [1.82, 2.24) is 4.90 Å². The van der Waals surface area contributed by atoms with Gasteiger partial charge in [0.15, 0.2) is 17.3 Å². The molecule has 3 aliphatic rings. The average Bonchev–Trinajstić information content (AvgIpc) is 3.47. The third-order valence-electron chi connectivity index (χ3n) is 7.29. The van der Waals surface area contributed by atoms with Crippen LogP contribution in [0.2, 0.25) is 5.02 Å². The predicted molar refractivity (Wildman–Crippen MR) is 134 cm³/mol. The molecule has 194 valence electrons. The van der Waals surface area contributed by atoms with Crippen LogP contribution in [0.25, 0.3) is 0 Å². The van der Waals surface area contributed by atoms with Gasteiger partial charge in [-0.2, -0.15) is 0 Å². The van der Waals surface area contributed by atoms with Crippen molar-refractivity contribution < 1.29 is 33.6 Å². The first-order chi connectivity index (χ1) is 17.3. The monoisotopic (exact) mass is 517 g/mol. The molecule has 1 N–H and O–H groups in total. The number of piperidine rings is 1. The van der Waals surface area contributed by atoms with Crippen molar-refractivity contribution in [2.45, 2.75) is 44.3 Å². The highest BCUT2D eigenvalue weighted by atomic mass is 35.5. The van der Waals surface area contributed by atoms with Gasteiger partial charge in [-0.3, -0.25) is 4.79 Å². The number of β-amino-alcohol motifs (C(OH)–C–C–N with tert-alkyl or cyclic N) is 1. The molecule has 2 aromatic rings. The molecule has 1 atom stereocenters. The lowest BCUT2D eigenvalue weighted by molar-refractivity contribution is -0.00217. The molecule has 0 radical (unpaired) electrons. The van der Waals surface area contributed by atoms with Crippen LogP contribution in [0.5, 0.6) is 28.7 Å². The normalized spacial score (nSPS) is 18.7. The molecule has 0 aliphatic carbocycles. The fourth-order valence-corrected chi connectivity index (χ4v) is 5.76. The Balaban J connectivity index is 1.22. The lowest BCUT2D eigenvalue weighted by Crippen LogP contribution is -2.49. The number of rotatable bonds is 8. The molecular weight excluding hydrogens is 486 g/mol. The third-order valence-corrected chi connectivity index (χ3v) is 7.53. The summed E-state index contributed by atoms with van der Waals surface area (Å²) in [5, 5.41) is 11.5. The van der Waals surface area contributed by atoms with Crippen LogP contribution in [0.15, 0.2) is 18.2 Å². The standard InChI is InChI=1S/C27H32ClNO7/c1-16(30)22-23(32-2)20-6-11-34-24(20)26(33-3)25(22)35-15-19(31)14-29-9-7-27(8-10-29)13-17-12-18(28)4-5-21(17)36-27/h4-5,12,19,31H,6-11,13-15H2,1-3H3. The summed E-state index contributed by atoms with van der Waals surface area (Å²) in [6, 6.07) is 5.80. The Hall–Kier alpha value is -2.68. The van der Waals surface area contributed by atoms with Gasteiger partial charge in [-0.15, -0.1) is 0 Å². The molecule has 3 aliphatic heterocycles. The molecule has 0 amide bonds. The molecule has 8 nitrogen and oxygen atoms in total. The van der Waals surface area contributed by atoms with Gasteiger partial charge in [-0.05, 0) is 30.7 Å². The fraction of sp³-hybridized carbons (Fsp3) is 0.519. The maximum atomic E-state index is 12.6. The van der Waals surface area contributed by atoms with E-state index in [1.807, 2.05) is 18.2 Å². The molecule has 0 aromatic heterocycles. The molecule has 36 heavy (non-hydrogen) atoms. The van der Waals surface area contributed by atoms with Gasteiger partial charge in [0, 0.05) is 55.9 Å². The van der Waals surface area contributed by atoms with Gasteiger partial charge >= 0.3 is 0 Å². The van der Waals surface area contributed by atoms with Gasteiger partial charge < -0.3 is 33.7 Å². The van der Waals surface area contributed by atoms with E-state index in [1.165, 1.54) is 21.1 Å². The number of hydrogen-bond acceptors (Lipinski definition) is 8. The average molecular weight is 518 g/mol. The minimum absolute atomic E-state index is 0.000659. The molecule has 1 fully saturated rings. The van der Waals surface area contributed by atoms with E-state index in [0.29, 0.717) is 42.4 Å². The summed E-state index contributed by atoms with van der Waals surface area (Å²) in [6.07, 6.45) is 2.46. The molecule has 1 spiro atoms. The second-order valence-electron chi connectivity index (χ2n) is 9.71. The molecular formula is C27H32ClNO7. The summed E-state index contributed by atoms with van der Waals surface area (Å²) in [4.78, 5) is 14.8. The molecule has 0 saturated carbocycles. The number of ketones is 1. The SMILES string of the molecule is COc1c2c(c(OC)c(C(C)=O)c1OCC(O)CN1CCC3(CC1)Cc1cc(Cl)ccc1O3)CCO2. The van der Waals surface area contributed by atoms with Crippen molar-refractivity contribution in [3.05, 3.63) is 39.9 Å². The van der Waals surface area contributed by atoms with Crippen LogP contribution in [-0.4, -0.2) is 74.6 Å². The van der Waals surface area contributed by atoms with Crippen LogP contribution in [0.1, 0.15) is 41.3 Å². The minimum atomic E-state index is -0.760.